The highest BCUT2D eigenvalue weighted by Gasteiger charge is 2.30. The molecule has 1 aliphatic rings. The van der Waals surface area contributed by atoms with Gasteiger partial charge in [-0.25, -0.2) is 4.79 Å². The molecule has 3 rings (SSSR count). The van der Waals surface area contributed by atoms with Crippen LogP contribution < -0.4 is 16.0 Å². The molecule has 1 atom stereocenters. The van der Waals surface area contributed by atoms with Gasteiger partial charge in [0.25, 0.3) is 5.91 Å². The predicted molar refractivity (Wildman–Crippen MR) is 93.4 cm³/mol. The number of urea groups is 1. The number of rotatable bonds is 3. The molecule has 3 amide bonds. The summed E-state index contributed by atoms with van der Waals surface area (Å²) in [6.45, 7) is 3.73. The number of carbonyl (C=O) groups is 2. The minimum atomic E-state index is -0.481. The second kappa shape index (κ2) is 6.58. The van der Waals surface area contributed by atoms with Crippen molar-refractivity contribution in [1.82, 2.24) is 10.6 Å². The number of nitrogens with one attached hydrogen (secondary N) is 3. The van der Waals surface area contributed by atoms with E-state index in [1.165, 1.54) is 0 Å². The molecule has 5 heteroatoms. The van der Waals surface area contributed by atoms with Crippen LogP contribution in [0.15, 0.2) is 65.9 Å². The molecule has 0 bridgehead atoms. The lowest BCUT2D eigenvalue weighted by Gasteiger charge is -2.28. The van der Waals surface area contributed by atoms with Crippen LogP contribution in [-0.2, 0) is 4.79 Å². The summed E-state index contributed by atoms with van der Waals surface area (Å²) in [5.41, 5.74) is 3.76. The van der Waals surface area contributed by atoms with Crippen molar-refractivity contribution in [1.29, 1.82) is 0 Å². The van der Waals surface area contributed by atoms with Gasteiger partial charge in [0.1, 0.15) is 0 Å². The number of carbonyl (C=O) groups excluding carboxylic acids is 2. The van der Waals surface area contributed by atoms with Crippen LogP contribution in [0, 0.1) is 6.92 Å². The van der Waals surface area contributed by atoms with Crippen LogP contribution in [0.5, 0.6) is 0 Å². The lowest BCUT2D eigenvalue weighted by molar-refractivity contribution is -0.113. The van der Waals surface area contributed by atoms with E-state index in [2.05, 4.69) is 16.0 Å². The Hall–Kier alpha value is -3.08. The quantitative estimate of drug-likeness (QED) is 0.812. The van der Waals surface area contributed by atoms with Crippen molar-refractivity contribution < 1.29 is 9.59 Å². The molecule has 5 nitrogen and oxygen atoms in total. The average Bonchev–Trinajstić information content (AvgIpc) is 2.57. The summed E-state index contributed by atoms with van der Waals surface area (Å²) in [7, 11) is 0. The second-order valence-corrected chi connectivity index (χ2v) is 5.80. The number of hydrogen-bond acceptors (Lipinski definition) is 2. The Labute approximate surface area is 140 Å². The minimum Gasteiger partial charge on any atom is -0.327 e. The normalized spacial score (nSPS) is 17.1. The first-order valence-electron chi connectivity index (χ1n) is 7.76. The first-order valence-corrected chi connectivity index (χ1v) is 7.76. The summed E-state index contributed by atoms with van der Waals surface area (Å²) >= 11 is 0. The van der Waals surface area contributed by atoms with Gasteiger partial charge >= 0.3 is 6.03 Å². The molecular weight excluding hydrogens is 302 g/mol. The molecule has 1 heterocycles. The highest BCUT2D eigenvalue weighted by atomic mass is 16.2. The molecule has 0 saturated heterocycles. The van der Waals surface area contributed by atoms with Crippen molar-refractivity contribution in [3.63, 3.8) is 0 Å². The van der Waals surface area contributed by atoms with Crippen LogP contribution in [0.2, 0.25) is 0 Å². The van der Waals surface area contributed by atoms with Gasteiger partial charge in [0.2, 0.25) is 0 Å². The Bertz CT molecular complexity index is 795. The monoisotopic (exact) mass is 321 g/mol. The molecule has 0 spiro atoms. The van der Waals surface area contributed by atoms with E-state index in [0.717, 1.165) is 16.8 Å². The molecular formula is C19H19N3O2. The van der Waals surface area contributed by atoms with Crippen LogP contribution in [0.25, 0.3) is 0 Å². The molecule has 0 saturated carbocycles. The molecule has 2 aromatic carbocycles. The highest BCUT2D eigenvalue weighted by Crippen LogP contribution is 2.27. The summed E-state index contributed by atoms with van der Waals surface area (Å²) in [6.07, 6.45) is 0. The zero-order valence-corrected chi connectivity index (χ0v) is 13.6. The SMILES string of the molecule is CC1=C(C(=O)Nc2ccc(C)cc2)C(c2ccccc2)NC(=O)N1. The molecule has 1 unspecified atom stereocenters. The van der Waals surface area contributed by atoms with Gasteiger partial charge in [-0.15, -0.1) is 0 Å². The molecule has 0 aromatic heterocycles. The van der Waals surface area contributed by atoms with Crippen molar-refractivity contribution in [3.05, 3.63) is 77.0 Å². The number of amides is 3. The molecule has 3 N–H and O–H groups in total. The van der Waals surface area contributed by atoms with E-state index in [-0.39, 0.29) is 11.9 Å². The number of anilines is 1. The van der Waals surface area contributed by atoms with Gasteiger partial charge in [0, 0.05) is 11.4 Å². The standard InChI is InChI=1S/C19H19N3O2/c1-12-8-10-15(11-9-12)21-18(23)16-13(2)20-19(24)22-17(16)14-6-4-3-5-7-14/h3-11,17H,1-2H3,(H,21,23)(H2,20,22,24). The van der Waals surface area contributed by atoms with Gasteiger partial charge in [0.15, 0.2) is 0 Å². The van der Waals surface area contributed by atoms with Crippen molar-refractivity contribution in [2.45, 2.75) is 19.9 Å². The van der Waals surface area contributed by atoms with Crippen LogP contribution in [0.3, 0.4) is 0 Å². The van der Waals surface area contributed by atoms with E-state index in [9.17, 15) is 9.59 Å². The topological polar surface area (TPSA) is 70.2 Å². The van der Waals surface area contributed by atoms with Gasteiger partial charge < -0.3 is 16.0 Å². The Morgan fingerprint density at radius 3 is 2.33 bits per heavy atom. The first-order chi connectivity index (χ1) is 11.5. The van der Waals surface area contributed by atoms with E-state index in [0.29, 0.717) is 11.3 Å². The zero-order valence-electron chi connectivity index (χ0n) is 13.6. The van der Waals surface area contributed by atoms with E-state index < -0.39 is 6.04 Å². The lowest BCUT2D eigenvalue weighted by atomic mass is 9.95. The third-order valence-electron chi connectivity index (χ3n) is 3.96. The smallest absolute Gasteiger partial charge is 0.319 e. The maximum absolute atomic E-state index is 12.8. The van der Waals surface area contributed by atoms with E-state index in [1.54, 1.807) is 6.92 Å². The largest absolute Gasteiger partial charge is 0.327 e. The van der Waals surface area contributed by atoms with Crippen molar-refractivity contribution in [2.24, 2.45) is 0 Å². The van der Waals surface area contributed by atoms with Crippen molar-refractivity contribution in [3.8, 4) is 0 Å². The third kappa shape index (κ3) is 3.30. The summed E-state index contributed by atoms with van der Waals surface area (Å²) in [5.74, 6) is -0.238. The minimum absolute atomic E-state index is 0.238. The Morgan fingerprint density at radius 1 is 1.00 bits per heavy atom. The Balaban J connectivity index is 1.92. The molecule has 0 fully saturated rings. The summed E-state index contributed by atoms with van der Waals surface area (Å²) in [4.78, 5) is 24.6. The molecule has 122 valence electrons. The van der Waals surface area contributed by atoms with Crippen LogP contribution in [-0.4, -0.2) is 11.9 Å². The zero-order chi connectivity index (χ0) is 17.1. The fourth-order valence-corrected chi connectivity index (χ4v) is 2.73. The van der Waals surface area contributed by atoms with Crippen molar-refractivity contribution >= 4 is 17.6 Å². The number of hydrogen-bond donors (Lipinski definition) is 3. The maximum Gasteiger partial charge on any atom is 0.319 e. The summed E-state index contributed by atoms with van der Waals surface area (Å²) in [6, 6.07) is 16.2. The molecule has 2 aromatic rings. The Kier molecular flexibility index (Phi) is 4.33. The lowest BCUT2D eigenvalue weighted by Crippen LogP contribution is -2.45. The molecule has 0 radical (unpaired) electrons. The second-order valence-electron chi connectivity index (χ2n) is 5.80. The van der Waals surface area contributed by atoms with Crippen LogP contribution in [0.4, 0.5) is 10.5 Å². The Morgan fingerprint density at radius 2 is 1.67 bits per heavy atom. The molecule has 1 aliphatic heterocycles. The predicted octanol–water partition coefficient (Wildman–Crippen LogP) is 3.26. The fourth-order valence-electron chi connectivity index (χ4n) is 2.73. The summed E-state index contributed by atoms with van der Waals surface area (Å²) in [5, 5.41) is 8.39. The van der Waals surface area contributed by atoms with Gasteiger partial charge in [-0.1, -0.05) is 48.0 Å². The maximum atomic E-state index is 12.8. The number of allylic oxidation sites excluding steroid dienone is 1. The van der Waals surface area contributed by atoms with E-state index in [1.807, 2.05) is 61.5 Å². The van der Waals surface area contributed by atoms with Gasteiger partial charge in [0.05, 0.1) is 11.6 Å². The molecule has 24 heavy (non-hydrogen) atoms. The number of aryl methyl sites for hydroxylation is 1. The van der Waals surface area contributed by atoms with Crippen LogP contribution >= 0.6 is 0 Å². The van der Waals surface area contributed by atoms with Gasteiger partial charge in [-0.2, -0.15) is 0 Å². The first kappa shape index (κ1) is 15.8. The van der Waals surface area contributed by atoms with Gasteiger partial charge in [-0.05, 0) is 31.5 Å². The van der Waals surface area contributed by atoms with E-state index in [4.69, 9.17) is 0 Å². The highest BCUT2D eigenvalue weighted by molar-refractivity contribution is 6.06. The fraction of sp³-hybridized carbons (Fsp3) is 0.158. The van der Waals surface area contributed by atoms with E-state index >= 15 is 0 Å². The third-order valence-corrected chi connectivity index (χ3v) is 3.96. The number of benzene rings is 2. The average molecular weight is 321 g/mol. The summed E-state index contributed by atoms with van der Waals surface area (Å²) < 4.78 is 0. The van der Waals surface area contributed by atoms with Crippen LogP contribution in [0.1, 0.15) is 24.1 Å². The molecule has 0 aliphatic carbocycles. The van der Waals surface area contributed by atoms with Gasteiger partial charge in [-0.3, -0.25) is 4.79 Å². The van der Waals surface area contributed by atoms with Crippen molar-refractivity contribution in [2.75, 3.05) is 5.32 Å².